The van der Waals surface area contributed by atoms with Gasteiger partial charge in [0.25, 0.3) is 5.91 Å². The van der Waals surface area contributed by atoms with Crippen LogP contribution in [0, 0.1) is 0 Å². The molecular formula is C23H31N3O7. The highest BCUT2D eigenvalue weighted by Gasteiger charge is 2.41. The highest BCUT2D eigenvalue weighted by Crippen LogP contribution is 2.23. The SMILES string of the molecule is CN1CCN(C(=O)Cc2cccc(N3CCO[C@H]([C@@H](O)C(=O)OC(C)(C)C)C3=O)c2)CC1=O. The number of amides is 3. The summed E-state index contributed by atoms with van der Waals surface area (Å²) in [6, 6.07) is 6.94. The molecule has 3 amide bonds. The predicted molar refractivity (Wildman–Crippen MR) is 118 cm³/mol. The minimum absolute atomic E-state index is 0.0568. The maximum atomic E-state index is 13.0. The number of anilines is 1. The fourth-order valence-corrected chi connectivity index (χ4v) is 3.67. The molecule has 2 atom stereocenters. The van der Waals surface area contributed by atoms with Crippen molar-refractivity contribution in [3.63, 3.8) is 0 Å². The Morgan fingerprint density at radius 2 is 1.94 bits per heavy atom. The van der Waals surface area contributed by atoms with E-state index in [0.29, 0.717) is 24.3 Å². The predicted octanol–water partition coefficient (Wildman–Crippen LogP) is -0.0359. The molecule has 0 saturated carbocycles. The largest absolute Gasteiger partial charge is 0.458 e. The van der Waals surface area contributed by atoms with Gasteiger partial charge in [-0.2, -0.15) is 0 Å². The number of esters is 1. The van der Waals surface area contributed by atoms with E-state index in [0.717, 1.165) is 0 Å². The average molecular weight is 462 g/mol. The van der Waals surface area contributed by atoms with Crippen molar-refractivity contribution in [1.29, 1.82) is 0 Å². The van der Waals surface area contributed by atoms with Gasteiger partial charge in [-0.3, -0.25) is 14.4 Å². The number of hydrogen-bond donors (Lipinski definition) is 1. The van der Waals surface area contributed by atoms with Gasteiger partial charge in [0.15, 0.2) is 12.2 Å². The number of carbonyl (C=O) groups excluding carboxylic acids is 4. The number of rotatable bonds is 5. The molecule has 1 N–H and O–H groups in total. The quantitative estimate of drug-likeness (QED) is 0.612. The molecule has 2 aliphatic heterocycles. The van der Waals surface area contributed by atoms with E-state index in [9.17, 15) is 24.3 Å². The third kappa shape index (κ3) is 6.08. The van der Waals surface area contributed by atoms with Crippen molar-refractivity contribution in [2.24, 2.45) is 0 Å². The van der Waals surface area contributed by atoms with Gasteiger partial charge >= 0.3 is 5.97 Å². The fourth-order valence-electron chi connectivity index (χ4n) is 3.67. The lowest BCUT2D eigenvalue weighted by molar-refractivity contribution is -0.177. The Bertz CT molecular complexity index is 927. The van der Waals surface area contributed by atoms with Crippen LogP contribution in [-0.4, -0.2) is 96.2 Å². The topological polar surface area (TPSA) is 117 Å². The number of nitrogens with zero attached hydrogens (tertiary/aromatic N) is 3. The summed E-state index contributed by atoms with van der Waals surface area (Å²) in [6.45, 7) is 6.39. The Kier molecular flexibility index (Phi) is 7.38. The van der Waals surface area contributed by atoms with Gasteiger partial charge in [0.05, 0.1) is 19.6 Å². The first kappa shape index (κ1) is 24.7. The molecule has 0 aromatic heterocycles. The van der Waals surface area contributed by atoms with Crippen LogP contribution < -0.4 is 4.90 Å². The van der Waals surface area contributed by atoms with Crippen molar-refractivity contribution in [3.05, 3.63) is 29.8 Å². The van der Waals surface area contributed by atoms with Crippen LogP contribution in [0.3, 0.4) is 0 Å². The maximum Gasteiger partial charge on any atom is 0.338 e. The maximum absolute atomic E-state index is 13.0. The third-order valence-corrected chi connectivity index (χ3v) is 5.44. The number of ether oxygens (including phenoxy) is 2. The highest BCUT2D eigenvalue weighted by molar-refractivity contribution is 6.00. The van der Waals surface area contributed by atoms with Crippen LogP contribution in [0.25, 0.3) is 0 Å². The summed E-state index contributed by atoms with van der Waals surface area (Å²) in [6.07, 6.45) is -3.04. The molecule has 2 aliphatic rings. The molecular weight excluding hydrogens is 430 g/mol. The van der Waals surface area contributed by atoms with Crippen LogP contribution in [0.4, 0.5) is 5.69 Å². The Balaban J connectivity index is 1.69. The van der Waals surface area contributed by atoms with Crippen molar-refractivity contribution >= 4 is 29.4 Å². The number of benzene rings is 1. The van der Waals surface area contributed by atoms with Crippen LogP contribution in [0.15, 0.2) is 24.3 Å². The summed E-state index contributed by atoms with van der Waals surface area (Å²) in [7, 11) is 1.71. The van der Waals surface area contributed by atoms with Crippen molar-refractivity contribution in [2.75, 3.05) is 44.7 Å². The lowest BCUT2D eigenvalue weighted by Crippen LogP contribution is -2.55. The monoisotopic (exact) mass is 461 g/mol. The number of morpholine rings is 1. The zero-order valence-corrected chi connectivity index (χ0v) is 19.4. The standard InChI is InChI=1S/C23H31N3O7/c1-23(2,3)33-22(31)19(29)20-21(30)26(10-11-32-20)16-7-5-6-15(12-16)13-17(27)25-9-8-24(4)18(28)14-25/h5-7,12,19-20,29H,8-11,13-14H2,1-4H3/t19-,20-/m1/s1. The zero-order valence-electron chi connectivity index (χ0n) is 19.4. The molecule has 0 aliphatic carbocycles. The summed E-state index contributed by atoms with van der Waals surface area (Å²) in [5.41, 5.74) is 0.405. The Hall–Kier alpha value is -2.98. The van der Waals surface area contributed by atoms with Gasteiger partial charge < -0.3 is 29.3 Å². The molecule has 1 aromatic carbocycles. The molecule has 2 saturated heterocycles. The first-order valence-electron chi connectivity index (χ1n) is 10.9. The molecule has 2 fully saturated rings. The van der Waals surface area contributed by atoms with Crippen LogP contribution >= 0.6 is 0 Å². The lowest BCUT2D eigenvalue weighted by Gasteiger charge is -2.34. The Morgan fingerprint density at radius 3 is 2.61 bits per heavy atom. The van der Waals surface area contributed by atoms with E-state index in [1.165, 1.54) is 9.80 Å². The van der Waals surface area contributed by atoms with Crippen LogP contribution in [0.5, 0.6) is 0 Å². The van der Waals surface area contributed by atoms with Crippen molar-refractivity contribution in [3.8, 4) is 0 Å². The molecule has 180 valence electrons. The molecule has 10 heteroatoms. The fraction of sp³-hybridized carbons (Fsp3) is 0.565. The molecule has 0 unspecified atom stereocenters. The van der Waals surface area contributed by atoms with Crippen LogP contribution in [-0.2, 0) is 35.1 Å². The highest BCUT2D eigenvalue weighted by atomic mass is 16.6. The van der Waals surface area contributed by atoms with Crippen LogP contribution in [0.2, 0.25) is 0 Å². The molecule has 0 radical (unpaired) electrons. The lowest BCUT2D eigenvalue weighted by atomic mass is 10.1. The van der Waals surface area contributed by atoms with Crippen LogP contribution in [0.1, 0.15) is 26.3 Å². The summed E-state index contributed by atoms with van der Waals surface area (Å²) in [5.74, 6) is -1.76. The molecule has 2 heterocycles. The van der Waals surface area contributed by atoms with Gasteiger partial charge in [-0.15, -0.1) is 0 Å². The number of aliphatic hydroxyl groups is 1. The molecule has 0 bridgehead atoms. The van der Waals surface area contributed by atoms with E-state index in [4.69, 9.17) is 9.47 Å². The second-order valence-electron chi connectivity index (χ2n) is 9.24. The van der Waals surface area contributed by atoms with E-state index < -0.39 is 29.7 Å². The van der Waals surface area contributed by atoms with Gasteiger partial charge in [0.2, 0.25) is 11.8 Å². The summed E-state index contributed by atoms with van der Waals surface area (Å²) in [5, 5.41) is 10.4. The smallest absolute Gasteiger partial charge is 0.338 e. The van der Waals surface area contributed by atoms with E-state index in [1.807, 2.05) is 0 Å². The number of hydrogen-bond acceptors (Lipinski definition) is 7. The first-order valence-corrected chi connectivity index (χ1v) is 10.9. The third-order valence-electron chi connectivity index (χ3n) is 5.44. The normalized spacial score (nSPS) is 20.6. The van der Waals surface area contributed by atoms with Gasteiger partial charge in [0, 0.05) is 32.4 Å². The first-order chi connectivity index (χ1) is 15.5. The molecule has 1 aromatic rings. The van der Waals surface area contributed by atoms with Gasteiger partial charge in [-0.25, -0.2) is 4.79 Å². The molecule has 10 nitrogen and oxygen atoms in total. The van der Waals surface area contributed by atoms with Gasteiger partial charge in [-0.1, -0.05) is 12.1 Å². The zero-order chi connectivity index (χ0) is 24.3. The second-order valence-corrected chi connectivity index (χ2v) is 9.24. The van der Waals surface area contributed by atoms with Crippen molar-refractivity contribution < 1.29 is 33.8 Å². The molecule has 0 spiro atoms. The summed E-state index contributed by atoms with van der Waals surface area (Å²) >= 11 is 0. The number of piperazine rings is 1. The van der Waals surface area contributed by atoms with E-state index in [2.05, 4.69) is 0 Å². The van der Waals surface area contributed by atoms with Gasteiger partial charge in [0.1, 0.15) is 5.60 Å². The average Bonchev–Trinajstić information content (AvgIpc) is 2.74. The minimum atomic E-state index is -1.75. The van der Waals surface area contributed by atoms with Gasteiger partial charge in [-0.05, 0) is 38.5 Å². The molecule has 33 heavy (non-hydrogen) atoms. The Morgan fingerprint density at radius 1 is 1.21 bits per heavy atom. The summed E-state index contributed by atoms with van der Waals surface area (Å²) in [4.78, 5) is 54.3. The Labute approximate surface area is 193 Å². The van der Waals surface area contributed by atoms with E-state index >= 15 is 0 Å². The van der Waals surface area contributed by atoms with E-state index in [-0.39, 0.29) is 37.9 Å². The van der Waals surface area contributed by atoms with Crippen molar-refractivity contribution in [2.45, 2.75) is 45.0 Å². The number of aliphatic hydroxyl groups excluding tert-OH is 1. The van der Waals surface area contributed by atoms with E-state index in [1.54, 1.807) is 57.0 Å². The number of carbonyl (C=O) groups is 4. The molecule has 3 rings (SSSR count). The summed E-state index contributed by atoms with van der Waals surface area (Å²) < 4.78 is 10.6. The second kappa shape index (κ2) is 9.88. The number of likely N-dealkylation sites (N-methyl/N-ethyl adjacent to an activating group) is 1. The minimum Gasteiger partial charge on any atom is -0.458 e. The van der Waals surface area contributed by atoms with Crippen molar-refractivity contribution in [1.82, 2.24) is 9.80 Å².